The van der Waals surface area contributed by atoms with Crippen molar-refractivity contribution < 1.29 is 0 Å². The molecular formula is C5H4ClN2. The van der Waals surface area contributed by atoms with Gasteiger partial charge in [-0.1, -0.05) is 11.6 Å². The normalized spacial score (nSPS) is 9.25. The lowest BCUT2D eigenvalue weighted by Gasteiger charge is -1.87. The Morgan fingerprint density at radius 3 is 2.62 bits per heavy atom. The molecule has 0 spiro atoms. The van der Waals surface area contributed by atoms with E-state index in [0.717, 1.165) is 0 Å². The maximum atomic E-state index is 5.45. The van der Waals surface area contributed by atoms with Crippen LogP contribution in [0.4, 0.5) is 0 Å². The molecule has 0 aliphatic heterocycles. The SMILES string of the molecule is [CH2]c1cc(Cl)ncn1. The first-order valence-electron chi connectivity index (χ1n) is 2.08. The van der Waals surface area contributed by atoms with Gasteiger partial charge in [0.25, 0.3) is 0 Å². The molecule has 3 heteroatoms. The van der Waals surface area contributed by atoms with Gasteiger partial charge in [-0.2, -0.15) is 0 Å². The third kappa shape index (κ3) is 1.17. The molecule has 0 unspecified atom stereocenters. The van der Waals surface area contributed by atoms with Gasteiger partial charge >= 0.3 is 0 Å². The van der Waals surface area contributed by atoms with Crippen LogP contribution in [0.5, 0.6) is 0 Å². The molecule has 41 valence electrons. The Balaban J connectivity index is 3.08. The minimum absolute atomic E-state index is 0.435. The molecule has 1 aromatic rings. The van der Waals surface area contributed by atoms with Crippen LogP contribution in [0.15, 0.2) is 12.4 Å². The Morgan fingerprint density at radius 1 is 1.50 bits per heavy atom. The number of hydrogen-bond donors (Lipinski definition) is 0. The van der Waals surface area contributed by atoms with E-state index < -0.39 is 0 Å². The Kier molecular flexibility index (Phi) is 1.44. The number of rotatable bonds is 0. The standard InChI is InChI=1S/C5H4ClN2/c1-4-2-5(6)8-3-7-4/h2-3H,1H2. The van der Waals surface area contributed by atoms with Crippen LogP contribution in [0.1, 0.15) is 5.69 Å². The number of nitrogens with zero attached hydrogens (tertiary/aromatic N) is 2. The second-order valence-corrected chi connectivity index (χ2v) is 1.72. The molecule has 0 fully saturated rings. The maximum Gasteiger partial charge on any atom is 0.132 e. The molecule has 0 bridgehead atoms. The summed E-state index contributed by atoms with van der Waals surface area (Å²) >= 11 is 5.45. The van der Waals surface area contributed by atoms with E-state index in [1.165, 1.54) is 6.33 Å². The quantitative estimate of drug-likeness (QED) is 0.491. The highest BCUT2D eigenvalue weighted by Gasteiger charge is 1.85. The van der Waals surface area contributed by atoms with Gasteiger partial charge in [-0.25, -0.2) is 9.97 Å². The zero-order chi connectivity index (χ0) is 5.98. The van der Waals surface area contributed by atoms with Crippen LogP contribution in [0.25, 0.3) is 0 Å². The molecular weight excluding hydrogens is 124 g/mol. The third-order valence-corrected chi connectivity index (χ3v) is 0.897. The fourth-order valence-corrected chi connectivity index (χ4v) is 0.540. The highest BCUT2D eigenvalue weighted by molar-refractivity contribution is 6.29. The van der Waals surface area contributed by atoms with Crippen LogP contribution in [-0.2, 0) is 0 Å². The highest BCUT2D eigenvalue weighted by atomic mass is 35.5. The summed E-state index contributed by atoms with van der Waals surface area (Å²) in [5.74, 6) is 0. The maximum absolute atomic E-state index is 5.45. The summed E-state index contributed by atoms with van der Waals surface area (Å²) in [5.41, 5.74) is 0.644. The molecule has 0 saturated carbocycles. The first-order chi connectivity index (χ1) is 3.79. The summed E-state index contributed by atoms with van der Waals surface area (Å²) in [6, 6.07) is 1.60. The molecule has 0 amide bonds. The van der Waals surface area contributed by atoms with Crippen molar-refractivity contribution in [1.82, 2.24) is 9.97 Å². The second-order valence-electron chi connectivity index (χ2n) is 1.33. The summed E-state index contributed by atoms with van der Waals surface area (Å²) in [6.07, 6.45) is 1.38. The molecule has 1 heterocycles. The third-order valence-electron chi connectivity index (χ3n) is 0.690. The fraction of sp³-hybridized carbons (Fsp3) is 0. The van der Waals surface area contributed by atoms with Crippen LogP contribution >= 0.6 is 11.6 Å². The minimum atomic E-state index is 0.435. The fourth-order valence-electron chi connectivity index (χ4n) is 0.370. The Bertz CT molecular complexity index is 170. The number of halogens is 1. The molecule has 0 N–H and O–H groups in total. The molecule has 8 heavy (non-hydrogen) atoms. The largest absolute Gasteiger partial charge is 0.241 e. The predicted molar refractivity (Wildman–Crippen MR) is 31.5 cm³/mol. The van der Waals surface area contributed by atoms with Crippen LogP contribution < -0.4 is 0 Å². The number of aromatic nitrogens is 2. The molecule has 1 radical (unpaired) electrons. The van der Waals surface area contributed by atoms with E-state index in [4.69, 9.17) is 11.6 Å². The van der Waals surface area contributed by atoms with E-state index in [2.05, 4.69) is 16.9 Å². The summed E-state index contributed by atoms with van der Waals surface area (Å²) in [7, 11) is 0. The molecule has 0 saturated heterocycles. The zero-order valence-corrected chi connectivity index (χ0v) is 4.89. The Hall–Kier alpha value is -0.630. The van der Waals surface area contributed by atoms with Crippen molar-refractivity contribution in [2.24, 2.45) is 0 Å². The van der Waals surface area contributed by atoms with E-state index in [0.29, 0.717) is 10.8 Å². The smallest absolute Gasteiger partial charge is 0.132 e. The molecule has 2 nitrogen and oxygen atoms in total. The summed E-state index contributed by atoms with van der Waals surface area (Å²) in [4.78, 5) is 7.39. The van der Waals surface area contributed by atoms with E-state index in [-0.39, 0.29) is 0 Å². The minimum Gasteiger partial charge on any atom is -0.241 e. The first kappa shape index (κ1) is 5.51. The Labute approximate surface area is 52.5 Å². The van der Waals surface area contributed by atoms with Crippen LogP contribution in [0.2, 0.25) is 5.15 Å². The van der Waals surface area contributed by atoms with Gasteiger partial charge in [-0.3, -0.25) is 0 Å². The zero-order valence-electron chi connectivity index (χ0n) is 4.13. The van der Waals surface area contributed by atoms with Crippen molar-refractivity contribution in [3.05, 3.63) is 30.2 Å². The lowest BCUT2D eigenvalue weighted by atomic mass is 10.5. The average molecular weight is 128 g/mol. The van der Waals surface area contributed by atoms with E-state index in [9.17, 15) is 0 Å². The topological polar surface area (TPSA) is 25.8 Å². The van der Waals surface area contributed by atoms with Gasteiger partial charge in [-0.05, 0) is 13.0 Å². The molecule has 0 aliphatic rings. The van der Waals surface area contributed by atoms with Crippen LogP contribution in [-0.4, -0.2) is 9.97 Å². The van der Waals surface area contributed by atoms with Crippen molar-refractivity contribution in [1.29, 1.82) is 0 Å². The van der Waals surface area contributed by atoms with Gasteiger partial charge < -0.3 is 0 Å². The van der Waals surface area contributed by atoms with Gasteiger partial charge in [0.1, 0.15) is 11.5 Å². The monoisotopic (exact) mass is 127 g/mol. The average Bonchev–Trinajstić information content (AvgIpc) is 1.64. The van der Waals surface area contributed by atoms with Crippen LogP contribution in [0.3, 0.4) is 0 Å². The van der Waals surface area contributed by atoms with Gasteiger partial charge in [0.05, 0.1) is 0 Å². The van der Waals surface area contributed by atoms with Gasteiger partial charge in [0, 0.05) is 5.69 Å². The van der Waals surface area contributed by atoms with E-state index in [1.54, 1.807) is 6.07 Å². The Morgan fingerprint density at radius 2 is 2.25 bits per heavy atom. The lowest BCUT2D eigenvalue weighted by Crippen LogP contribution is -1.80. The molecule has 0 aromatic carbocycles. The van der Waals surface area contributed by atoms with Gasteiger partial charge in [0.2, 0.25) is 0 Å². The lowest BCUT2D eigenvalue weighted by molar-refractivity contribution is 1.14. The molecule has 1 aromatic heterocycles. The molecule has 1 rings (SSSR count). The predicted octanol–water partition coefficient (Wildman–Crippen LogP) is 1.31. The van der Waals surface area contributed by atoms with E-state index in [1.807, 2.05) is 0 Å². The van der Waals surface area contributed by atoms with Crippen molar-refractivity contribution >= 4 is 11.6 Å². The van der Waals surface area contributed by atoms with Crippen molar-refractivity contribution in [2.45, 2.75) is 0 Å². The highest BCUT2D eigenvalue weighted by Crippen LogP contribution is 2.01. The molecule has 0 atom stereocenters. The summed E-state index contributed by atoms with van der Waals surface area (Å²) in [6.45, 7) is 3.55. The second kappa shape index (κ2) is 2.09. The number of hydrogen-bond acceptors (Lipinski definition) is 2. The van der Waals surface area contributed by atoms with Gasteiger partial charge in [0.15, 0.2) is 0 Å². The van der Waals surface area contributed by atoms with Crippen molar-refractivity contribution in [3.63, 3.8) is 0 Å². The van der Waals surface area contributed by atoms with Crippen LogP contribution in [0, 0.1) is 6.92 Å². The summed E-state index contributed by atoms with van der Waals surface area (Å²) < 4.78 is 0. The summed E-state index contributed by atoms with van der Waals surface area (Å²) in [5, 5.41) is 0.435. The van der Waals surface area contributed by atoms with E-state index >= 15 is 0 Å². The van der Waals surface area contributed by atoms with Crippen molar-refractivity contribution in [3.8, 4) is 0 Å². The first-order valence-corrected chi connectivity index (χ1v) is 2.46. The van der Waals surface area contributed by atoms with Crippen molar-refractivity contribution in [2.75, 3.05) is 0 Å². The molecule has 0 aliphatic carbocycles. The van der Waals surface area contributed by atoms with Gasteiger partial charge in [-0.15, -0.1) is 0 Å².